The molecule has 0 saturated heterocycles. The average molecular weight is 302 g/mol. The van der Waals surface area contributed by atoms with E-state index in [4.69, 9.17) is 5.11 Å². The smallest absolute Gasteiger partial charge is 0.144 e. The Balaban J connectivity index is 2.90. The number of halogens is 1. The summed E-state index contributed by atoms with van der Waals surface area (Å²) in [5.74, 6) is -0.375. The van der Waals surface area contributed by atoms with E-state index in [9.17, 15) is 8.94 Å². The van der Waals surface area contributed by atoms with Crippen LogP contribution in [0.25, 0.3) is 0 Å². The minimum atomic E-state index is -1.27. The van der Waals surface area contributed by atoms with Gasteiger partial charge in [-0.2, -0.15) is 0 Å². The first-order chi connectivity index (χ1) is 9.25. The largest absolute Gasteiger partial charge is 0.598 e. The molecule has 0 aromatic carbocycles. The molecule has 1 aromatic heterocycles. The van der Waals surface area contributed by atoms with Crippen molar-refractivity contribution in [3.8, 4) is 0 Å². The van der Waals surface area contributed by atoms with Gasteiger partial charge in [0.05, 0.1) is 11.7 Å². The summed E-state index contributed by atoms with van der Waals surface area (Å²) in [6, 6.07) is 1.13. The lowest BCUT2D eigenvalue weighted by molar-refractivity contribution is 0.278. The number of nitrogens with one attached hydrogen (secondary N) is 1. The minimum Gasteiger partial charge on any atom is -0.598 e. The molecule has 0 radical (unpaired) electrons. The second kappa shape index (κ2) is 7.36. The van der Waals surface area contributed by atoms with Crippen molar-refractivity contribution in [2.75, 3.05) is 6.61 Å². The van der Waals surface area contributed by atoms with Gasteiger partial charge in [-0.05, 0) is 52.2 Å². The molecule has 114 valence electrons. The third-order valence-corrected chi connectivity index (χ3v) is 4.52. The van der Waals surface area contributed by atoms with E-state index in [2.05, 4.69) is 9.71 Å². The number of hydrogen-bond acceptors (Lipinski definition) is 4. The highest BCUT2D eigenvalue weighted by molar-refractivity contribution is 7.90. The number of pyridine rings is 1. The Kier molecular flexibility index (Phi) is 6.39. The fourth-order valence-corrected chi connectivity index (χ4v) is 2.47. The van der Waals surface area contributed by atoms with Gasteiger partial charge >= 0.3 is 0 Å². The van der Waals surface area contributed by atoms with Crippen LogP contribution in [0.15, 0.2) is 12.3 Å². The molecule has 0 saturated carbocycles. The molecule has 6 heteroatoms. The van der Waals surface area contributed by atoms with Crippen molar-refractivity contribution in [2.45, 2.75) is 51.3 Å². The molecule has 0 aliphatic carbocycles. The van der Waals surface area contributed by atoms with Crippen LogP contribution in [-0.2, 0) is 11.4 Å². The van der Waals surface area contributed by atoms with Gasteiger partial charge in [-0.3, -0.25) is 4.98 Å². The number of aliphatic hydroxyl groups excluding tert-OH is 1. The maximum atomic E-state index is 13.6. The van der Waals surface area contributed by atoms with E-state index in [1.165, 1.54) is 6.07 Å². The van der Waals surface area contributed by atoms with Crippen molar-refractivity contribution in [3.63, 3.8) is 0 Å². The molecular formula is C14H23FN2O2S. The van der Waals surface area contributed by atoms with Crippen molar-refractivity contribution in [2.24, 2.45) is 0 Å². The molecule has 1 unspecified atom stereocenters. The summed E-state index contributed by atoms with van der Waals surface area (Å²) in [6.45, 7) is 7.25. The van der Waals surface area contributed by atoms with Crippen LogP contribution in [0.3, 0.4) is 0 Å². The summed E-state index contributed by atoms with van der Waals surface area (Å²) >= 11 is -1.27. The summed E-state index contributed by atoms with van der Waals surface area (Å²) < 4.78 is 28.4. The first-order valence-corrected chi connectivity index (χ1v) is 7.81. The van der Waals surface area contributed by atoms with Gasteiger partial charge in [0, 0.05) is 24.2 Å². The highest BCUT2D eigenvalue weighted by Crippen LogP contribution is 2.24. The molecule has 2 N–H and O–H groups in total. The van der Waals surface area contributed by atoms with E-state index in [-0.39, 0.29) is 18.5 Å². The Morgan fingerprint density at radius 3 is 2.65 bits per heavy atom. The first-order valence-electron chi connectivity index (χ1n) is 6.66. The lowest BCUT2D eigenvalue weighted by Gasteiger charge is -2.28. The Labute approximate surface area is 123 Å². The Morgan fingerprint density at radius 2 is 2.15 bits per heavy atom. The second-order valence-corrected chi connectivity index (χ2v) is 7.75. The average Bonchev–Trinajstić information content (AvgIpc) is 2.36. The van der Waals surface area contributed by atoms with Gasteiger partial charge in [0.1, 0.15) is 10.6 Å². The zero-order valence-corrected chi connectivity index (χ0v) is 13.3. The van der Waals surface area contributed by atoms with Gasteiger partial charge in [-0.25, -0.2) is 4.39 Å². The summed E-state index contributed by atoms with van der Waals surface area (Å²) in [5, 5.41) is 8.96. The third-order valence-electron chi connectivity index (χ3n) is 2.91. The van der Waals surface area contributed by atoms with Gasteiger partial charge in [-0.15, -0.1) is 4.72 Å². The van der Waals surface area contributed by atoms with Crippen LogP contribution in [0.5, 0.6) is 0 Å². The number of nitrogens with zero attached hydrogens (tertiary/aromatic N) is 1. The maximum absolute atomic E-state index is 13.6. The van der Waals surface area contributed by atoms with Crippen LogP contribution in [-0.4, -0.2) is 26.0 Å². The Bertz CT molecular complexity index is 438. The number of aliphatic hydroxyl groups is 1. The van der Waals surface area contributed by atoms with Crippen LogP contribution < -0.4 is 4.72 Å². The lowest BCUT2D eigenvalue weighted by Crippen LogP contribution is -2.41. The summed E-state index contributed by atoms with van der Waals surface area (Å²) in [7, 11) is 0. The van der Waals surface area contributed by atoms with Gasteiger partial charge in [0.15, 0.2) is 0 Å². The van der Waals surface area contributed by atoms with Crippen molar-refractivity contribution >= 4 is 11.4 Å². The number of hydrogen-bond donors (Lipinski definition) is 2. The van der Waals surface area contributed by atoms with Crippen LogP contribution in [0.1, 0.15) is 50.9 Å². The van der Waals surface area contributed by atoms with E-state index in [1.54, 1.807) is 13.1 Å². The number of aromatic nitrogens is 1. The first kappa shape index (κ1) is 17.4. The van der Waals surface area contributed by atoms with E-state index in [1.807, 2.05) is 20.8 Å². The molecule has 0 bridgehead atoms. The van der Waals surface area contributed by atoms with Crippen LogP contribution in [0, 0.1) is 12.7 Å². The SMILES string of the molecule is Cc1ncc(C(CCCO)N[S@+]([O-])C(C)(C)C)cc1F. The zero-order chi connectivity index (χ0) is 15.3. The fourth-order valence-electron chi connectivity index (χ4n) is 1.61. The van der Waals surface area contributed by atoms with Crippen LogP contribution in [0.4, 0.5) is 4.39 Å². The summed E-state index contributed by atoms with van der Waals surface area (Å²) in [4.78, 5) is 4.00. The van der Waals surface area contributed by atoms with Crippen molar-refractivity contribution in [1.29, 1.82) is 0 Å². The summed E-state index contributed by atoms with van der Waals surface area (Å²) in [5.41, 5.74) is 0.991. The second-order valence-electron chi connectivity index (χ2n) is 5.75. The zero-order valence-electron chi connectivity index (χ0n) is 12.4. The maximum Gasteiger partial charge on any atom is 0.144 e. The van der Waals surface area contributed by atoms with Crippen molar-refractivity contribution < 1.29 is 14.0 Å². The number of aryl methyl sites for hydroxylation is 1. The molecule has 1 aromatic rings. The summed E-state index contributed by atoms with van der Waals surface area (Å²) in [6.07, 6.45) is 2.71. The fraction of sp³-hybridized carbons (Fsp3) is 0.643. The molecular weight excluding hydrogens is 279 g/mol. The topological polar surface area (TPSA) is 68.2 Å². The Morgan fingerprint density at radius 1 is 1.50 bits per heavy atom. The Hall–Kier alpha value is -0.690. The van der Waals surface area contributed by atoms with E-state index in [0.717, 1.165) is 0 Å². The molecule has 0 fully saturated rings. The van der Waals surface area contributed by atoms with Gasteiger partial charge in [0.2, 0.25) is 0 Å². The molecule has 0 aliphatic heterocycles. The van der Waals surface area contributed by atoms with Gasteiger partial charge < -0.3 is 9.66 Å². The predicted molar refractivity (Wildman–Crippen MR) is 79.0 cm³/mol. The van der Waals surface area contributed by atoms with E-state index in [0.29, 0.717) is 24.1 Å². The third kappa shape index (κ3) is 5.01. The monoisotopic (exact) mass is 302 g/mol. The van der Waals surface area contributed by atoms with Crippen LogP contribution >= 0.6 is 0 Å². The van der Waals surface area contributed by atoms with E-state index < -0.39 is 16.1 Å². The van der Waals surface area contributed by atoms with E-state index >= 15 is 0 Å². The molecule has 2 atom stereocenters. The standard InChI is InChI=1S/C14H23FN2O2S/c1-10-12(15)8-11(9-16-10)13(6-5-7-18)17-20(19)14(2,3)4/h8-9,13,17-18H,5-7H2,1-4H3/t13?,20-/m1/s1. The molecule has 0 aliphatic rings. The molecule has 4 nitrogen and oxygen atoms in total. The molecule has 0 spiro atoms. The normalized spacial score (nSPS) is 15.2. The molecule has 1 rings (SSSR count). The lowest BCUT2D eigenvalue weighted by atomic mass is 10.0. The molecule has 20 heavy (non-hydrogen) atoms. The van der Waals surface area contributed by atoms with Crippen molar-refractivity contribution in [3.05, 3.63) is 29.3 Å². The molecule has 0 amide bonds. The van der Waals surface area contributed by atoms with Crippen molar-refractivity contribution in [1.82, 2.24) is 9.71 Å². The van der Waals surface area contributed by atoms with Crippen LogP contribution in [0.2, 0.25) is 0 Å². The molecule has 1 heterocycles. The highest BCUT2D eigenvalue weighted by Gasteiger charge is 2.30. The number of rotatable bonds is 6. The predicted octanol–water partition coefficient (Wildman–Crippen LogP) is 2.39. The quantitative estimate of drug-likeness (QED) is 0.792. The minimum absolute atomic E-state index is 0.0438. The van der Waals surface area contributed by atoms with Gasteiger partial charge in [-0.1, -0.05) is 0 Å². The highest BCUT2D eigenvalue weighted by atomic mass is 32.2. The van der Waals surface area contributed by atoms with Gasteiger partial charge in [0.25, 0.3) is 0 Å².